The summed E-state index contributed by atoms with van der Waals surface area (Å²) in [5, 5.41) is 3.74. The van der Waals surface area contributed by atoms with Crippen molar-refractivity contribution >= 4 is 0 Å². The van der Waals surface area contributed by atoms with Crippen LogP contribution in [0.1, 0.15) is 32.6 Å². The highest BCUT2D eigenvalue weighted by Crippen LogP contribution is 2.23. The number of likely N-dealkylation sites (tertiary alicyclic amines) is 1. The van der Waals surface area contributed by atoms with Crippen molar-refractivity contribution in [3.8, 4) is 0 Å². The lowest BCUT2D eigenvalue weighted by atomic mass is 9.90. The van der Waals surface area contributed by atoms with Gasteiger partial charge in [-0.15, -0.1) is 0 Å². The van der Waals surface area contributed by atoms with Gasteiger partial charge in [0.1, 0.15) is 0 Å². The lowest BCUT2D eigenvalue weighted by molar-refractivity contribution is 0.0179. The van der Waals surface area contributed by atoms with Crippen LogP contribution in [0.5, 0.6) is 0 Å². The number of nitrogens with one attached hydrogen (secondary N) is 1. The average Bonchev–Trinajstić information content (AvgIpc) is 2.88. The molecule has 0 saturated carbocycles. The van der Waals surface area contributed by atoms with E-state index in [1.54, 1.807) is 0 Å². The topological polar surface area (TPSA) is 27.7 Å². The first-order chi connectivity index (χ1) is 9.25. The second kappa shape index (κ2) is 6.08. The van der Waals surface area contributed by atoms with Crippen LogP contribution in [0.25, 0.3) is 0 Å². The number of nitrogens with zero attached hydrogens (tertiary/aromatic N) is 2. The quantitative estimate of drug-likeness (QED) is 0.823. The number of ether oxygens (including phenoxy) is 1. The van der Waals surface area contributed by atoms with Gasteiger partial charge in [0.15, 0.2) is 0 Å². The van der Waals surface area contributed by atoms with Crippen LogP contribution >= 0.6 is 0 Å². The van der Waals surface area contributed by atoms with Crippen LogP contribution in [0.2, 0.25) is 0 Å². The van der Waals surface area contributed by atoms with Gasteiger partial charge in [0.05, 0.1) is 13.2 Å². The van der Waals surface area contributed by atoms with Gasteiger partial charge in [0, 0.05) is 37.8 Å². The highest BCUT2D eigenvalue weighted by Gasteiger charge is 2.34. The zero-order valence-corrected chi connectivity index (χ0v) is 12.4. The monoisotopic (exact) mass is 267 g/mol. The van der Waals surface area contributed by atoms with Crippen molar-refractivity contribution in [3.63, 3.8) is 0 Å². The van der Waals surface area contributed by atoms with Gasteiger partial charge in [0.2, 0.25) is 0 Å². The largest absolute Gasteiger partial charge is 0.379 e. The standard InChI is InChI=1S/C15H29N3O/c1-15(5-2-3-6-16-15)13-17-7-4-14(12-17)18-8-10-19-11-9-18/h14,16H,2-13H2,1H3. The van der Waals surface area contributed by atoms with Crippen molar-refractivity contribution in [2.45, 2.75) is 44.2 Å². The predicted molar refractivity (Wildman–Crippen MR) is 77.5 cm³/mol. The molecule has 3 heterocycles. The fraction of sp³-hybridized carbons (Fsp3) is 1.00. The summed E-state index contributed by atoms with van der Waals surface area (Å²) in [6.45, 7) is 11.5. The van der Waals surface area contributed by atoms with E-state index in [2.05, 4.69) is 22.0 Å². The van der Waals surface area contributed by atoms with E-state index in [1.165, 1.54) is 51.9 Å². The highest BCUT2D eigenvalue weighted by atomic mass is 16.5. The molecule has 1 N–H and O–H groups in total. The van der Waals surface area contributed by atoms with E-state index in [9.17, 15) is 0 Å². The molecule has 3 fully saturated rings. The molecule has 0 bridgehead atoms. The molecule has 0 radical (unpaired) electrons. The summed E-state index contributed by atoms with van der Waals surface area (Å²) in [7, 11) is 0. The maximum Gasteiger partial charge on any atom is 0.0594 e. The summed E-state index contributed by atoms with van der Waals surface area (Å²) in [6.07, 6.45) is 5.43. The third-order valence-electron chi connectivity index (χ3n) is 5.09. The first-order valence-electron chi connectivity index (χ1n) is 8.04. The molecule has 2 atom stereocenters. The molecule has 0 aromatic carbocycles. The maximum atomic E-state index is 5.46. The van der Waals surface area contributed by atoms with E-state index in [-0.39, 0.29) is 0 Å². The summed E-state index contributed by atoms with van der Waals surface area (Å²) in [4.78, 5) is 5.32. The Morgan fingerprint density at radius 2 is 2.05 bits per heavy atom. The number of rotatable bonds is 3. The van der Waals surface area contributed by atoms with Gasteiger partial charge < -0.3 is 10.1 Å². The van der Waals surface area contributed by atoms with Gasteiger partial charge in [-0.3, -0.25) is 9.80 Å². The van der Waals surface area contributed by atoms with E-state index in [0.29, 0.717) is 5.54 Å². The number of piperidine rings is 1. The Bertz CT molecular complexity index is 285. The molecule has 3 aliphatic heterocycles. The fourth-order valence-corrected chi connectivity index (χ4v) is 3.94. The Balaban J connectivity index is 1.48. The van der Waals surface area contributed by atoms with Crippen LogP contribution < -0.4 is 5.32 Å². The van der Waals surface area contributed by atoms with Gasteiger partial charge in [-0.1, -0.05) is 6.42 Å². The van der Waals surface area contributed by atoms with Crippen LogP contribution in [-0.2, 0) is 4.74 Å². The Morgan fingerprint density at radius 1 is 1.21 bits per heavy atom. The smallest absolute Gasteiger partial charge is 0.0594 e. The third kappa shape index (κ3) is 3.48. The Hall–Kier alpha value is -0.160. The Labute approximate surface area is 117 Å². The first kappa shape index (κ1) is 13.8. The second-order valence-electron chi connectivity index (χ2n) is 6.77. The molecule has 4 nitrogen and oxygen atoms in total. The summed E-state index contributed by atoms with van der Waals surface area (Å²) >= 11 is 0. The summed E-state index contributed by atoms with van der Waals surface area (Å²) in [5.41, 5.74) is 0.359. The van der Waals surface area contributed by atoms with Crippen LogP contribution in [0.4, 0.5) is 0 Å². The summed E-state index contributed by atoms with van der Waals surface area (Å²) in [5.74, 6) is 0. The summed E-state index contributed by atoms with van der Waals surface area (Å²) in [6, 6.07) is 0.774. The molecule has 3 saturated heterocycles. The van der Waals surface area contributed by atoms with E-state index in [1.807, 2.05) is 0 Å². The number of morpholine rings is 1. The molecular weight excluding hydrogens is 238 g/mol. The zero-order valence-electron chi connectivity index (χ0n) is 12.4. The van der Waals surface area contributed by atoms with Gasteiger partial charge in [0.25, 0.3) is 0 Å². The molecule has 0 aromatic rings. The van der Waals surface area contributed by atoms with Crippen LogP contribution in [0.15, 0.2) is 0 Å². The van der Waals surface area contributed by atoms with Gasteiger partial charge in [-0.2, -0.15) is 0 Å². The van der Waals surface area contributed by atoms with E-state index >= 15 is 0 Å². The first-order valence-corrected chi connectivity index (χ1v) is 8.04. The molecular formula is C15H29N3O. The van der Waals surface area contributed by atoms with Crippen molar-refractivity contribution in [2.24, 2.45) is 0 Å². The lowest BCUT2D eigenvalue weighted by Crippen LogP contribution is -2.53. The van der Waals surface area contributed by atoms with Crippen LogP contribution in [0, 0.1) is 0 Å². The van der Waals surface area contributed by atoms with Crippen molar-refractivity contribution < 1.29 is 4.74 Å². The van der Waals surface area contributed by atoms with Crippen molar-refractivity contribution in [2.75, 3.05) is 52.5 Å². The van der Waals surface area contributed by atoms with Gasteiger partial charge in [-0.25, -0.2) is 0 Å². The van der Waals surface area contributed by atoms with Crippen molar-refractivity contribution in [1.29, 1.82) is 0 Å². The maximum absolute atomic E-state index is 5.46. The van der Waals surface area contributed by atoms with E-state index in [4.69, 9.17) is 4.74 Å². The third-order valence-corrected chi connectivity index (χ3v) is 5.09. The number of hydrogen-bond acceptors (Lipinski definition) is 4. The van der Waals surface area contributed by atoms with Crippen LogP contribution in [0.3, 0.4) is 0 Å². The van der Waals surface area contributed by atoms with Crippen molar-refractivity contribution in [1.82, 2.24) is 15.1 Å². The van der Waals surface area contributed by atoms with E-state index in [0.717, 1.165) is 32.3 Å². The average molecular weight is 267 g/mol. The highest BCUT2D eigenvalue weighted by molar-refractivity contribution is 4.93. The minimum atomic E-state index is 0.359. The molecule has 0 spiro atoms. The fourth-order valence-electron chi connectivity index (χ4n) is 3.94. The SMILES string of the molecule is CC1(CN2CCC(N3CCOCC3)C2)CCCCN1. The molecule has 0 amide bonds. The molecule has 0 aliphatic carbocycles. The minimum Gasteiger partial charge on any atom is -0.379 e. The molecule has 2 unspecified atom stereocenters. The molecule has 19 heavy (non-hydrogen) atoms. The van der Waals surface area contributed by atoms with Gasteiger partial charge in [-0.05, 0) is 39.3 Å². The van der Waals surface area contributed by atoms with Crippen molar-refractivity contribution in [3.05, 3.63) is 0 Å². The predicted octanol–water partition coefficient (Wildman–Crippen LogP) is 0.925. The lowest BCUT2D eigenvalue weighted by Gasteiger charge is -2.38. The Morgan fingerprint density at radius 3 is 2.79 bits per heavy atom. The molecule has 3 aliphatic rings. The molecule has 4 heteroatoms. The molecule has 0 aromatic heterocycles. The van der Waals surface area contributed by atoms with Crippen LogP contribution in [-0.4, -0.2) is 73.9 Å². The zero-order chi connectivity index (χ0) is 13.1. The minimum absolute atomic E-state index is 0.359. The van der Waals surface area contributed by atoms with E-state index < -0.39 is 0 Å². The number of hydrogen-bond donors (Lipinski definition) is 1. The van der Waals surface area contributed by atoms with Gasteiger partial charge >= 0.3 is 0 Å². The second-order valence-corrected chi connectivity index (χ2v) is 6.77. The molecule has 3 rings (SSSR count). The Kier molecular flexibility index (Phi) is 4.42. The molecule has 110 valence electrons. The normalized spacial score (nSPS) is 38.7. The summed E-state index contributed by atoms with van der Waals surface area (Å²) < 4.78 is 5.46.